The molecule has 0 bridgehead atoms. The molecule has 0 aliphatic carbocycles. The third-order valence-corrected chi connectivity index (χ3v) is 2.27. The van der Waals surface area contributed by atoms with Gasteiger partial charge in [0.2, 0.25) is 0 Å². The quantitative estimate of drug-likeness (QED) is 0.729. The summed E-state index contributed by atoms with van der Waals surface area (Å²) in [6, 6.07) is 3.18. The van der Waals surface area contributed by atoms with Crippen molar-refractivity contribution in [2.45, 2.75) is 32.8 Å². The molecule has 0 spiro atoms. The number of rotatable bonds is 5. The maximum atomic E-state index is 11.5. The van der Waals surface area contributed by atoms with Crippen LogP contribution in [0.15, 0.2) is 18.3 Å². The fourth-order valence-electron chi connectivity index (χ4n) is 1.44. The van der Waals surface area contributed by atoms with Crippen molar-refractivity contribution in [2.75, 3.05) is 11.9 Å². The molecule has 0 saturated heterocycles. The Morgan fingerprint density at radius 2 is 2.35 bits per heavy atom. The van der Waals surface area contributed by atoms with Gasteiger partial charge in [-0.15, -0.1) is 0 Å². The lowest BCUT2D eigenvalue weighted by Crippen LogP contribution is -2.35. The molecule has 17 heavy (non-hydrogen) atoms. The second kappa shape index (κ2) is 6.85. The van der Waals surface area contributed by atoms with E-state index in [4.69, 9.17) is 0 Å². The van der Waals surface area contributed by atoms with Gasteiger partial charge < -0.3 is 15.7 Å². The van der Waals surface area contributed by atoms with E-state index in [0.29, 0.717) is 12.1 Å². The summed E-state index contributed by atoms with van der Waals surface area (Å²) in [7, 11) is 0. The van der Waals surface area contributed by atoms with Crippen molar-refractivity contribution in [2.24, 2.45) is 0 Å². The molecule has 0 aliphatic rings. The molecule has 1 aromatic heterocycles. The van der Waals surface area contributed by atoms with Crippen molar-refractivity contribution >= 4 is 11.7 Å². The molecule has 5 nitrogen and oxygen atoms in total. The highest BCUT2D eigenvalue weighted by molar-refractivity contribution is 5.89. The molecule has 1 unspecified atom stereocenters. The SMILES string of the molecule is CCCC(O)CNC(=O)Nc1ccnc(C)c1. The molecule has 1 aromatic rings. The average molecular weight is 237 g/mol. The van der Waals surface area contributed by atoms with Crippen LogP contribution in [-0.2, 0) is 0 Å². The minimum absolute atomic E-state index is 0.268. The lowest BCUT2D eigenvalue weighted by Gasteiger charge is -2.11. The molecular formula is C12H19N3O2. The van der Waals surface area contributed by atoms with E-state index in [1.165, 1.54) is 0 Å². The van der Waals surface area contributed by atoms with E-state index in [1.54, 1.807) is 18.3 Å². The summed E-state index contributed by atoms with van der Waals surface area (Å²) in [6.45, 7) is 4.11. The Balaban J connectivity index is 2.34. The Morgan fingerprint density at radius 3 is 3.00 bits per heavy atom. The van der Waals surface area contributed by atoms with Gasteiger partial charge in [0.05, 0.1) is 6.10 Å². The number of nitrogens with one attached hydrogen (secondary N) is 2. The van der Waals surface area contributed by atoms with Crippen LogP contribution in [-0.4, -0.2) is 28.8 Å². The van der Waals surface area contributed by atoms with Crippen molar-refractivity contribution in [3.05, 3.63) is 24.0 Å². The van der Waals surface area contributed by atoms with Gasteiger partial charge in [-0.2, -0.15) is 0 Å². The van der Waals surface area contributed by atoms with E-state index in [9.17, 15) is 9.90 Å². The zero-order valence-corrected chi connectivity index (χ0v) is 10.2. The van der Waals surface area contributed by atoms with E-state index in [0.717, 1.165) is 12.1 Å². The second-order valence-corrected chi connectivity index (χ2v) is 3.96. The fourth-order valence-corrected chi connectivity index (χ4v) is 1.44. The van der Waals surface area contributed by atoms with Crippen LogP contribution in [0.2, 0.25) is 0 Å². The molecule has 1 rings (SSSR count). The van der Waals surface area contributed by atoms with Crippen LogP contribution in [0.5, 0.6) is 0 Å². The molecule has 0 radical (unpaired) electrons. The van der Waals surface area contributed by atoms with E-state index in [-0.39, 0.29) is 12.6 Å². The number of nitrogens with zero attached hydrogens (tertiary/aromatic N) is 1. The molecule has 1 heterocycles. The largest absolute Gasteiger partial charge is 0.391 e. The lowest BCUT2D eigenvalue weighted by atomic mass is 10.2. The summed E-state index contributed by atoms with van der Waals surface area (Å²) < 4.78 is 0. The molecule has 0 fully saturated rings. The van der Waals surface area contributed by atoms with Crippen molar-refractivity contribution in [1.29, 1.82) is 0 Å². The highest BCUT2D eigenvalue weighted by atomic mass is 16.3. The lowest BCUT2D eigenvalue weighted by molar-refractivity contribution is 0.162. The van der Waals surface area contributed by atoms with Crippen molar-refractivity contribution < 1.29 is 9.90 Å². The summed E-state index contributed by atoms with van der Waals surface area (Å²) in [5, 5.41) is 14.7. The predicted molar refractivity (Wildman–Crippen MR) is 66.9 cm³/mol. The van der Waals surface area contributed by atoms with Crippen molar-refractivity contribution in [3.8, 4) is 0 Å². The third kappa shape index (κ3) is 5.31. The number of carbonyl (C=O) groups is 1. The van der Waals surface area contributed by atoms with E-state index in [2.05, 4.69) is 15.6 Å². The topological polar surface area (TPSA) is 74.2 Å². The van der Waals surface area contributed by atoms with Gasteiger partial charge in [-0.1, -0.05) is 13.3 Å². The molecule has 0 aliphatic heterocycles. The zero-order chi connectivity index (χ0) is 12.7. The first-order valence-electron chi connectivity index (χ1n) is 5.77. The normalized spacial score (nSPS) is 11.9. The minimum Gasteiger partial charge on any atom is -0.391 e. The van der Waals surface area contributed by atoms with Gasteiger partial charge in [0.15, 0.2) is 0 Å². The van der Waals surface area contributed by atoms with Crippen LogP contribution in [0.25, 0.3) is 0 Å². The number of aliphatic hydroxyl groups is 1. The summed E-state index contributed by atoms with van der Waals surface area (Å²) in [5.41, 5.74) is 1.54. The van der Waals surface area contributed by atoms with Crippen LogP contribution < -0.4 is 10.6 Å². The first kappa shape index (κ1) is 13.4. The molecular weight excluding hydrogens is 218 g/mol. The fraction of sp³-hybridized carbons (Fsp3) is 0.500. The maximum absolute atomic E-state index is 11.5. The predicted octanol–water partition coefficient (Wildman–Crippen LogP) is 1.67. The molecule has 3 N–H and O–H groups in total. The second-order valence-electron chi connectivity index (χ2n) is 3.96. The van der Waals surface area contributed by atoms with Crippen molar-refractivity contribution in [1.82, 2.24) is 10.3 Å². The Labute approximate surface area is 101 Å². The first-order chi connectivity index (χ1) is 8.11. The summed E-state index contributed by atoms with van der Waals surface area (Å²) in [5.74, 6) is 0. The molecule has 0 saturated carbocycles. The highest BCUT2D eigenvalue weighted by Gasteiger charge is 2.06. The number of aromatic nitrogens is 1. The first-order valence-corrected chi connectivity index (χ1v) is 5.77. The van der Waals surface area contributed by atoms with Crippen molar-refractivity contribution in [3.63, 3.8) is 0 Å². The molecule has 0 aromatic carbocycles. The monoisotopic (exact) mass is 237 g/mol. The highest BCUT2D eigenvalue weighted by Crippen LogP contribution is 2.06. The van der Waals surface area contributed by atoms with Crippen LogP contribution >= 0.6 is 0 Å². The van der Waals surface area contributed by atoms with Crippen LogP contribution in [0, 0.1) is 6.92 Å². The molecule has 94 valence electrons. The Kier molecular flexibility index (Phi) is 5.42. The number of hydrogen-bond acceptors (Lipinski definition) is 3. The Hall–Kier alpha value is -1.62. The number of aliphatic hydroxyl groups excluding tert-OH is 1. The number of carbonyl (C=O) groups excluding carboxylic acids is 1. The van der Waals surface area contributed by atoms with Gasteiger partial charge in [0, 0.05) is 24.1 Å². The van der Waals surface area contributed by atoms with Gasteiger partial charge >= 0.3 is 6.03 Å². The van der Waals surface area contributed by atoms with Crippen LogP contribution in [0.1, 0.15) is 25.5 Å². The Bertz CT molecular complexity index is 369. The molecule has 2 amide bonds. The molecule has 1 atom stereocenters. The van der Waals surface area contributed by atoms with Gasteiger partial charge in [0.25, 0.3) is 0 Å². The van der Waals surface area contributed by atoms with Gasteiger partial charge in [-0.05, 0) is 25.5 Å². The third-order valence-electron chi connectivity index (χ3n) is 2.27. The zero-order valence-electron chi connectivity index (χ0n) is 10.2. The van der Waals surface area contributed by atoms with E-state index >= 15 is 0 Å². The summed E-state index contributed by atoms with van der Waals surface area (Å²) >= 11 is 0. The van der Waals surface area contributed by atoms with E-state index in [1.807, 2.05) is 13.8 Å². The number of pyridine rings is 1. The number of hydrogen-bond donors (Lipinski definition) is 3. The number of aryl methyl sites for hydroxylation is 1. The smallest absolute Gasteiger partial charge is 0.319 e. The standard InChI is InChI=1S/C12H19N3O2/c1-3-4-11(16)8-14-12(17)15-10-5-6-13-9(2)7-10/h5-7,11,16H,3-4,8H2,1-2H3,(H2,13,14,15,17). The summed E-state index contributed by atoms with van der Waals surface area (Å²) in [4.78, 5) is 15.5. The molecule has 5 heteroatoms. The van der Waals surface area contributed by atoms with Gasteiger partial charge in [-0.25, -0.2) is 4.79 Å². The maximum Gasteiger partial charge on any atom is 0.319 e. The summed E-state index contributed by atoms with van der Waals surface area (Å²) in [6.07, 6.45) is 2.74. The number of urea groups is 1. The Morgan fingerprint density at radius 1 is 1.59 bits per heavy atom. The van der Waals surface area contributed by atoms with E-state index < -0.39 is 6.10 Å². The number of amides is 2. The number of anilines is 1. The van der Waals surface area contributed by atoms with Crippen LogP contribution in [0.3, 0.4) is 0 Å². The van der Waals surface area contributed by atoms with Gasteiger partial charge in [-0.3, -0.25) is 4.98 Å². The minimum atomic E-state index is -0.482. The average Bonchev–Trinajstić information content (AvgIpc) is 2.27. The van der Waals surface area contributed by atoms with Gasteiger partial charge in [0.1, 0.15) is 0 Å². The van der Waals surface area contributed by atoms with Crippen LogP contribution in [0.4, 0.5) is 10.5 Å².